The van der Waals surface area contributed by atoms with E-state index in [2.05, 4.69) is 0 Å². The van der Waals surface area contributed by atoms with E-state index < -0.39 is 5.97 Å². The molecule has 2 amide bonds. The van der Waals surface area contributed by atoms with E-state index in [4.69, 9.17) is 5.11 Å². The number of carbonyl (C=O) groups is 3. The molecule has 1 aromatic rings. The van der Waals surface area contributed by atoms with Crippen LogP contribution in [0.2, 0.25) is 0 Å². The highest BCUT2D eigenvalue weighted by Crippen LogP contribution is 2.38. The highest BCUT2D eigenvalue weighted by atomic mass is 16.4. The SMILES string of the molecule is Cc1cc(C(=O)O)ccc1N1C(=O)[C@H]2CC=CC[C@H]2C1=O. The van der Waals surface area contributed by atoms with Gasteiger partial charge in [0.1, 0.15) is 0 Å². The Labute approximate surface area is 121 Å². The van der Waals surface area contributed by atoms with E-state index in [9.17, 15) is 14.4 Å². The van der Waals surface area contributed by atoms with Crippen molar-refractivity contribution in [1.82, 2.24) is 0 Å². The molecule has 21 heavy (non-hydrogen) atoms. The van der Waals surface area contributed by atoms with Gasteiger partial charge in [0, 0.05) is 0 Å². The molecular weight excluding hydrogens is 270 g/mol. The van der Waals surface area contributed by atoms with Gasteiger partial charge in [-0.05, 0) is 43.5 Å². The predicted octanol–water partition coefficient (Wildman–Crippen LogP) is 2.15. The number of aromatic carboxylic acids is 1. The summed E-state index contributed by atoms with van der Waals surface area (Å²) in [6.07, 6.45) is 5.07. The Hall–Kier alpha value is -2.43. The number of fused-ring (bicyclic) bond motifs is 1. The summed E-state index contributed by atoms with van der Waals surface area (Å²) >= 11 is 0. The zero-order chi connectivity index (χ0) is 15.1. The number of carboxylic acid groups (broad SMARTS) is 1. The molecule has 108 valence electrons. The molecule has 1 fully saturated rings. The summed E-state index contributed by atoms with van der Waals surface area (Å²) in [5, 5.41) is 8.98. The van der Waals surface area contributed by atoms with Gasteiger partial charge in [-0.3, -0.25) is 9.59 Å². The molecule has 2 atom stereocenters. The molecule has 5 heteroatoms. The van der Waals surface area contributed by atoms with Crippen LogP contribution < -0.4 is 4.90 Å². The monoisotopic (exact) mass is 285 g/mol. The second kappa shape index (κ2) is 4.84. The minimum atomic E-state index is -1.03. The molecule has 1 saturated heterocycles. The van der Waals surface area contributed by atoms with Crippen LogP contribution in [0.25, 0.3) is 0 Å². The summed E-state index contributed by atoms with van der Waals surface area (Å²) in [7, 11) is 0. The second-order valence-electron chi connectivity index (χ2n) is 5.47. The summed E-state index contributed by atoms with van der Waals surface area (Å²) < 4.78 is 0. The van der Waals surface area contributed by atoms with E-state index >= 15 is 0 Å². The topological polar surface area (TPSA) is 74.7 Å². The molecule has 1 aromatic carbocycles. The molecule has 1 aliphatic carbocycles. The van der Waals surface area contributed by atoms with Gasteiger partial charge in [0.2, 0.25) is 11.8 Å². The number of imide groups is 1. The number of rotatable bonds is 2. The number of benzene rings is 1. The fraction of sp³-hybridized carbons (Fsp3) is 0.312. The Kier molecular flexibility index (Phi) is 3.12. The quantitative estimate of drug-likeness (QED) is 0.667. The van der Waals surface area contributed by atoms with Crippen molar-refractivity contribution in [1.29, 1.82) is 0 Å². The Bertz CT molecular complexity index is 651. The average Bonchev–Trinajstić information content (AvgIpc) is 2.72. The van der Waals surface area contributed by atoms with Crippen molar-refractivity contribution in [3.05, 3.63) is 41.5 Å². The van der Waals surface area contributed by atoms with Crippen LogP contribution in [0.5, 0.6) is 0 Å². The molecule has 0 aromatic heterocycles. The standard InChI is InChI=1S/C16H15NO4/c1-9-8-10(16(20)21)6-7-13(9)17-14(18)11-4-2-3-5-12(11)15(17)19/h2-3,6-8,11-12H,4-5H2,1H3,(H,20,21)/t11-,12+. The number of hydrogen-bond donors (Lipinski definition) is 1. The van der Waals surface area contributed by atoms with E-state index in [0.717, 1.165) is 0 Å². The molecule has 1 heterocycles. The maximum atomic E-state index is 12.5. The molecular formula is C16H15NO4. The number of carbonyl (C=O) groups excluding carboxylic acids is 2. The summed E-state index contributed by atoms with van der Waals surface area (Å²) in [6, 6.07) is 4.45. The van der Waals surface area contributed by atoms with Gasteiger partial charge in [-0.25, -0.2) is 9.69 Å². The number of aryl methyl sites for hydroxylation is 1. The first-order valence-electron chi connectivity index (χ1n) is 6.87. The highest BCUT2D eigenvalue weighted by Gasteiger charge is 2.48. The third-order valence-corrected chi connectivity index (χ3v) is 4.19. The van der Waals surface area contributed by atoms with Crippen molar-refractivity contribution in [2.75, 3.05) is 4.90 Å². The van der Waals surface area contributed by atoms with Gasteiger partial charge in [0.05, 0.1) is 23.1 Å². The van der Waals surface area contributed by atoms with Crippen molar-refractivity contribution in [3.63, 3.8) is 0 Å². The van der Waals surface area contributed by atoms with Crippen molar-refractivity contribution in [2.24, 2.45) is 11.8 Å². The lowest BCUT2D eigenvalue weighted by Gasteiger charge is -2.17. The largest absolute Gasteiger partial charge is 0.478 e. The van der Waals surface area contributed by atoms with Crippen molar-refractivity contribution in [2.45, 2.75) is 19.8 Å². The number of nitrogens with zero attached hydrogens (tertiary/aromatic N) is 1. The smallest absolute Gasteiger partial charge is 0.335 e. The zero-order valence-electron chi connectivity index (χ0n) is 11.6. The summed E-state index contributed by atoms with van der Waals surface area (Å²) in [5.41, 5.74) is 1.25. The lowest BCUT2D eigenvalue weighted by molar-refractivity contribution is -0.122. The van der Waals surface area contributed by atoms with Crippen LogP contribution in [0.4, 0.5) is 5.69 Å². The maximum Gasteiger partial charge on any atom is 0.335 e. The fourth-order valence-corrected chi connectivity index (χ4v) is 3.08. The molecule has 0 spiro atoms. The molecule has 1 N–H and O–H groups in total. The van der Waals surface area contributed by atoms with Gasteiger partial charge in [-0.1, -0.05) is 12.2 Å². The van der Waals surface area contributed by atoms with Crippen LogP contribution >= 0.6 is 0 Å². The van der Waals surface area contributed by atoms with Gasteiger partial charge in [0.15, 0.2) is 0 Å². The van der Waals surface area contributed by atoms with E-state index in [1.54, 1.807) is 13.0 Å². The lowest BCUT2D eigenvalue weighted by atomic mass is 9.85. The van der Waals surface area contributed by atoms with Gasteiger partial charge in [0.25, 0.3) is 0 Å². The van der Waals surface area contributed by atoms with Crippen molar-refractivity contribution >= 4 is 23.5 Å². The van der Waals surface area contributed by atoms with E-state index in [1.165, 1.54) is 17.0 Å². The van der Waals surface area contributed by atoms with Crippen LogP contribution in [0.15, 0.2) is 30.4 Å². The van der Waals surface area contributed by atoms with Crippen molar-refractivity contribution in [3.8, 4) is 0 Å². The molecule has 5 nitrogen and oxygen atoms in total. The van der Waals surface area contributed by atoms with Crippen LogP contribution in [-0.4, -0.2) is 22.9 Å². The maximum absolute atomic E-state index is 12.5. The van der Waals surface area contributed by atoms with Crippen molar-refractivity contribution < 1.29 is 19.5 Å². The molecule has 1 aliphatic heterocycles. The zero-order valence-corrected chi connectivity index (χ0v) is 11.6. The summed E-state index contributed by atoms with van der Waals surface area (Å²) in [6.45, 7) is 1.71. The number of carboxylic acids is 1. The predicted molar refractivity (Wildman–Crippen MR) is 76.0 cm³/mol. The Balaban J connectivity index is 1.99. The third-order valence-electron chi connectivity index (χ3n) is 4.19. The van der Waals surface area contributed by atoms with Gasteiger partial charge < -0.3 is 5.11 Å². The van der Waals surface area contributed by atoms with Gasteiger partial charge in [-0.2, -0.15) is 0 Å². The minimum Gasteiger partial charge on any atom is -0.478 e. The molecule has 0 bridgehead atoms. The van der Waals surface area contributed by atoms with E-state index in [-0.39, 0.29) is 29.2 Å². The molecule has 0 radical (unpaired) electrons. The number of allylic oxidation sites excluding steroid dienone is 2. The lowest BCUT2D eigenvalue weighted by Crippen LogP contribution is -2.31. The molecule has 0 saturated carbocycles. The van der Waals surface area contributed by atoms with Gasteiger partial charge in [-0.15, -0.1) is 0 Å². The van der Waals surface area contributed by atoms with Gasteiger partial charge >= 0.3 is 5.97 Å². The fourth-order valence-electron chi connectivity index (χ4n) is 3.08. The Morgan fingerprint density at radius 2 is 1.71 bits per heavy atom. The first-order valence-corrected chi connectivity index (χ1v) is 6.87. The van der Waals surface area contributed by atoms with E-state index in [0.29, 0.717) is 24.1 Å². The van der Waals surface area contributed by atoms with Crippen LogP contribution in [0.1, 0.15) is 28.8 Å². The summed E-state index contributed by atoms with van der Waals surface area (Å²) in [5.74, 6) is -1.94. The highest BCUT2D eigenvalue weighted by molar-refractivity contribution is 6.22. The normalized spacial score (nSPS) is 24.3. The third kappa shape index (κ3) is 2.05. The van der Waals surface area contributed by atoms with Crippen LogP contribution in [-0.2, 0) is 9.59 Å². The second-order valence-corrected chi connectivity index (χ2v) is 5.47. The Morgan fingerprint density at radius 3 is 2.19 bits per heavy atom. The number of amides is 2. The number of hydrogen-bond acceptors (Lipinski definition) is 3. The minimum absolute atomic E-state index is 0.148. The molecule has 0 unspecified atom stereocenters. The summed E-state index contributed by atoms with van der Waals surface area (Å²) in [4.78, 5) is 37.1. The number of anilines is 1. The average molecular weight is 285 g/mol. The molecule has 2 aliphatic rings. The first-order chi connectivity index (χ1) is 10.0. The van der Waals surface area contributed by atoms with Crippen LogP contribution in [0.3, 0.4) is 0 Å². The molecule has 3 rings (SSSR count). The van der Waals surface area contributed by atoms with Crippen LogP contribution in [0, 0.1) is 18.8 Å². The first kappa shape index (κ1) is 13.5. The van der Waals surface area contributed by atoms with E-state index in [1.807, 2.05) is 12.2 Å². The Morgan fingerprint density at radius 1 is 1.14 bits per heavy atom.